The van der Waals surface area contributed by atoms with Crippen LogP contribution in [0.4, 0.5) is 14.9 Å². The normalized spacial score (nSPS) is 14.4. The van der Waals surface area contributed by atoms with Crippen molar-refractivity contribution in [2.75, 3.05) is 18.5 Å². The van der Waals surface area contributed by atoms with Gasteiger partial charge >= 0.3 is 6.03 Å². The van der Waals surface area contributed by atoms with E-state index in [9.17, 15) is 9.18 Å². The van der Waals surface area contributed by atoms with Crippen LogP contribution in [0.1, 0.15) is 18.4 Å². The molecule has 18 heavy (non-hydrogen) atoms. The predicted octanol–water partition coefficient (Wildman–Crippen LogP) is 2.12. The van der Waals surface area contributed by atoms with Crippen molar-refractivity contribution < 1.29 is 14.3 Å². The lowest BCUT2D eigenvalue weighted by molar-refractivity contribution is 0.185. The molecule has 1 aliphatic carbocycles. The first-order valence-electron chi connectivity index (χ1n) is 6.06. The zero-order chi connectivity index (χ0) is 13.1. The molecule has 4 nitrogen and oxygen atoms in total. The van der Waals surface area contributed by atoms with Crippen molar-refractivity contribution in [3.8, 4) is 0 Å². The topological polar surface area (TPSA) is 52.6 Å². The summed E-state index contributed by atoms with van der Waals surface area (Å²) in [6.07, 6.45) is 1.94. The molecule has 0 heterocycles. The van der Waals surface area contributed by atoms with Gasteiger partial charge in [0.15, 0.2) is 0 Å². The van der Waals surface area contributed by atoms with Crippen LogP contribution in [0.25, 0.3) is 0 Å². The first-order valence-corrected chi connectivity index (χ1v) is 6.06. The molecular weight excluding hydrogens is 235 g/mol. The number of carbonyl (C=O) groups excluding carboxylic acids is 1. The number of carbonyl (C=O) groups is 1. The lowest BCUT2D eigenvalue weighted by atomic mass is 10.2. The van der Waals surface area contributed by atoms with Gasteiger partial charge in [0.05, 0.1) is 6.61 Å². The maximum Gasteiger partial charge on any atom is 0.322 e. The molecule has 1 fully saturated rings. The number of hydrogen-bond acceptors (Lipinski definition) is 2. The summed E-state index contributed by atoms with van der Waals surface area (Å²) in [5.74, 6) is -0.370. The minimum absolute atomic E-state index is 0.0634. The summed E-state index contributed by atoms with van der Waals surface area (Å²) in [7, 11) is 0. The van der Waals surface area contributed by atoms with E-state index in [0.29, 0.717) is 12.2 Å². The SMILES string of the molecule is Cc1cc(F)cc(NC(=O)N(CCO)C2CC2)c1. The van der Waals surface area contributed by atoms with Gasteiger partial charge in [0.2, 0.25) is 0 Å². The van der Waals surface area contributed by atoms with Gasteiger partial charge in [0.1, 0.15) is 5.82 Å². The molecule has 2 amide bonds. The van der Waals surface area contributed by atoms with Crippen molar-refractivity contribution in [2.24, 2.45) is 0 Å². The van der Waals surface area contributed by atoms with Gasteiger partial charge in [-0.2, -0.15) is 0 Å². The number of aliphatic hydroxyl groups excluding tert-OH is 1. The van der Waals surface area contributed by atoms with Gasteiger partial charge in [-0.25, -0.2) is 9.18 Å². The molecule has 5 heteroatoms. The highest BCUT2D eigenvalue weighted by Crippen LogP contribution is 2.27. The summed E-state index contributed by atoms with van der Waals surface area (Å²) >= 11 is 0. The van der Waals surface area contributed by atoms with Gasteiger partial charge < -0.3 is 15.3 Å². The molecule has 1 aliphatic rings. The lowest BCUT2D eigenvalue weighted by Gasteiger charge is -2.21. The number of aliphatic hydroxyl groups is 1. The van der Waals surface area contributed by atoms with E-state index >= 15 is 0 Å². The second kappa shape index (κ2) is 5.35. The van der Waals surface area contributed by atoms with Gasteiger partial charge in [0, 0.05) is 18.3 Å². The highest BCUT2D eigenvalue weighted by molar-refractivity contribution is 5.89. The van der Waals surface area contributed by atoms with E-state index in [4.69, 9.17) is 5.11 Å². The van der Waals surface area contributed by atoms with E-state index < -0.39 is 0 Å². The number of nitrogens with one attached hydrogen (secondary N) is 1. The molecule has 0 spiro atoms. The Labute approximate surface area is 105 Å². The standard InChI is InChI=1S/C13H17FN2O2/c1-9-6-10(14)8-11(7-9)15-13(18)16(4-5-17)12-2-3-12/h6-8,12,17H,2-5H2,1H3,(H,15,18). The number of halogens is 1. The molecule has 0 aromatic heterocycles. The number of amides is 2. The Bertz CT molecular complexity index is 426. The molecule has 2 N–H and O–H groups in total. The monoisotopic (exact) mass is 252 g/mol. The predicted molar refractivity (Wildman–Crippen MR) is 67.0 cm³/mol. The van der Waals surface area contributed by atoms with Crippen molar-refractivity contribution in [1.29, 1.82) is 0 Å². The Morgan fingerprint density at radius 3 is 2.78 bits per heavy atom. The van der Waals surface area contributed by atoms with Crippen LogP contribution in [-0.4, -0.2) is 35.2 Å². The fraction of sp³-hybridized carbons (Fsp3) is 0.462. The number of nitrogens with zero attached hydrogens (tertiary/aromatic N) is 1. The zero-order valence-electron chi connectivity index (χ0n) is 10.3. The average molecular weight is 252 g/mol. The molecule has 1 aromatic rings. The first kappa shape index (κ1) is 12.8. The second-order valence-corrected chi connectivity index (χ2v) is 4.60. The first-order chi connectivity index (χ1) is 8.60. The Balaban J connectivity index is 2.04. The Morgan fingerprint density at radius 2 is 2.22 bits per heavy atom. The van der Waals surface area contributed by atoms with E-state index in [2.05, 4.69) is 5.32 Å². The number of rotatable bonds is 4. The van der Waals surface area contributed by atoms with Crippen LogP contribution in [0.3, 0.4) is 0 Å². The van der Waals surface area contributed by atoms with Crippen LogP contribution in [0.15, 0.2) is 18.2 Å². The van der Waals surface area contributed by atoms with E-state index in [-0.39, 0.29) is 24.5 Å². The molecule has 2 rings (SSSR count). The maximum absolute atomic E-state index is 13.2. The van der Waals surface area contributed by atoms with Crippen LogP contribution < -0.4 is 5.32 Å². The van der Waals surface area contributed by atoms with Crippen LogP contribution in [0, 0.1) is 12.7 Å². The number of hydrogen-bond donors (Lipinski definition) is 2. The Morgan fingerprint density at radius 1 is 1.50 bits per heavy atom. The van der Waals surface area contributed by atoms with E-state index in [1.807, 2.05) is 0 Å². The van der Waals surface area contributed by atoms with Gasteiger partial charge in [-0.1, -0.05) is 0 Å². The van der Waals surface area contributed by atoms with Crippen molar-refractivity contribution in [3.63, 3.8) is 0 Å². The second-order valence-electron chi connectivity index (χ2n) is 4.60. The van der Waals surface area contributed by atoms with Crippen molar-refractivity contribution in [1.82, 2.24) is 4.90 Å². The molecule has 0 bridgehead atoms. The molecule has 0 saturated heterocycles. The van der Waals surface area contributed by atoms with Gasteiger partial charge in [-0.05, 0) is 43.5 Å². The molecule has 1 aromatic carbocycles. The molecule has 0 unspecified atom stereocenters. The number of aryl methyl sites for hydroxylation is 1. The number of anilines is 1. The van der Waals surface area contributed by atoms with Gasteiger partial charge in [-0.3, -0.25) is 0 Å². The summed E-state index contributed by atoms with van der Waals surface area (Å²) in [5, 5.41) is 11.6. The smallest absolute Gasteiger partial charge is 0.322 e. The third-order valence-corrected chi connectivity index (χ3v) is 2.88. The van der Waals surface area contributed by atoms with Crippen molar-refractivity contribution in [2.45, 2.75) is 25.8 Å². The molecule has 0 aliphatic heterocycles. The molecule has 0 radical (unpaired) electrons. The van der Waals surface area contributed by atoms with Gasteiger partial charge in [-0.15, -0.1) is 0 Å². The number of urea groups is 1. The minimum Gasteiger partial charge on any atom is -0.395 e. The van der Waals surface area contributed by atoms with E-state index in [1.165, 1.54) is 12.1 Å². The minimum atomic E-state index is -0.370. The van der Waals surface area contributed by atoms with Crippen molar-refractivity contribution >= 4 is 11.7 Å². The average Bonchev–Trinajstić information content (AvgIpc) is 3.07. The molecule has 98 valence electrons. The highest BCUT2D eigenvalue weighted by atomic mass is 19.1. The Hall–Kier alpha value is -1.62. The van der Waals surface area contributed by atoms with Crippen LogP contribution in [-0.2, 0) is 0 Å². The van der Waals surface area contributed by atoms with E-state index in [0.717, 1.165) is 18.4 Å². The third kappa shape index (κ3) is 3.20. The summed E-state index contributed by atoms with van der Waals surface area (Å²) in [6, 6.07) is 4.34. The summed E-state index contributed by atoms with van der Waals surface area (Å²) in [4.78, 5) is 13.6. The van der Waals surface area contributed by atoms with Crippen molar-refractivity contribution in [3.05, 3.63) is 29.6 Å². The largest absolute Gasteiger partial charge is 0.395 e. The van der Waals surface area contributed by atoms with Crippen LogP contribution in [0.5, 0.6) is 0 Å². The summed E-state index contributed by atoms with van der Waals surface area (Å²) < 4.78 is 13.2. The zero-order valence-corrected chi connectivity index (χ0v) is 10.3. The fourth-order valence-corrected chi connectivity index (χ4v) is 1.95. The number of benzene rings is 1. The quantitative estimate of drug-likeness (QED) is 0.862. The maximum atomic E-state index is 13.2. The third-order valence-electron chi connectivity index (χ3n) is 2.88. The van der Waals surface area contributed by atoms with Crippen LogP contribution >= 0.6 is 0 Å². The van der Waals surface area contributed by atoms with E-state index in [1.54, 1.807) is 17.9 Å². The van der Waals surface area contributed by atoms with Gasteiger partial charge in [0.25, 0.3) is 0 Å². The van der Waals surface area contributed by atoms with Crippen LogP contribution in [0.2, 0.25) is 0 Å². The lowest BCUT2D eigenvalue weighted by Crippen LogP contribution is -2.38. The molecular formula is C13H17FN2O2. The highest BCUT2D eigenvalue weighted by Gasteiger charge is 2.32. The summed E-state index contributed by atoms with van der Waals surface area (Å²) in [5.41, 5.74) is 1.20. The fourth-order valence-electron chi connectivity index (χ4n) is 1.95. The molecule has 1 saturated carbocycles. The Kier molecular flexibility index (Phi) is 3.81. The summed E-state index contributed by atoms with van der Waals surface area (Å²) in [6.45, 7) is 2.02. The molecule has 0 atom stereocenters.